The first-order chi connectivity index (χ1) is 11.6. The van der Waals surface area contributed by atoms with Gasteiger partial charge in [-0.3, -0.25) is 9.36 Å². The third kappa shape index (κ3) is 5.24. The summed E-state index contributed by atoms with van der Waals surface area (Å²) in [6, 6.07) is 9.93. The number of nitrogens with zero attached hydrogens (tertiary/aromatic N) is 2. The zero-order valence-corrected chi connectivity index (χ0v) is 14.6. The van der Waals surface area contributed by atoms with E-state index >= 15 is 0 Å². The van der Waals surface area contributed by atoms with Gasteiger partial charge in [0.05, 0.1) is 11.9 Å². The van der Waals surface area contributed by atoms with E-state index in [1.807, 2.05) is 30.3 Å². The zero-order valence-electron chi connectivity index (χ0n) is 13.8. The third-order valence-corrected chi connectivity index (χ3v) is 4.54. The van der Waals surface area contributed by atoms with Crippen molar-refractivity contribution in [3.63, 3.8) is 0 Å². The van der Waals surface area contributed by atoms with Gasteiger partial charge in [-0.2, -0.15) is 0 Å². The van der Waals surface area contributed by atoms with Crippen molar-refractivity contribution in [1.29, 1.82) is 0 Å². The van der Waals surface area contributed by atoms with Crippen LogP contribution < -0.4 is 11.0 Å². The third-order valence-electron chi connectivity index (χ3n) is 3.45. The predicted molar refractivity (Wildman–Crippen MR) is 93.2 cm³/mol. The summed E-state index contributed by atoms with van der Waals surface area (Å²) in [5, 5.41) is 9.43. The number of hydrogen-bond acceptors (Lipinski definition) is 5. The molecule has 0 saturated heterocycles. The van der Waals surface area contributed by atoms with Crippen LogP contribution in [0.25, 0.3) is 0 Å². The predicted octanol–water partition coefficient (Wildman–Crippen LogP) is 1.06. The fraction of sp³-hybridized carbons (Fsp3) is 0.438. The topological polar surface area (TPSA) is 89.0 Å². The minimum atomic E-state index is -0.354. The van der Waals surface area contributed by atoms with Crippen LogP contribution in [-0.2, 0) is 22.5 Å². The highest BCUT2D eigenvalue weighted by atomic mass is 32.2. The molecule has 2 N–H and O–H groups in total. The fourth-order valence-corrected chi connectivity index (χ4v) is 3.01. The molecule has 0 unspecified atom stereocenters. The van der Waals surface area contributed by atoms with Crippen LogP contribution in [0.2, 0.25) is 0 Å². The second-order valence-electron chi connectivity index (χ2n) is 5.24. The second-order valence-corrected chi connectivity index (χ2v) is 6.55. The number of H-pyrrole nitrogens is 1. The Kier molecular flexibility index (Phi) is 7.07. The lowest BCUT2D eigenvalue weighted by molar-refractivity contribution is -0.120. The monoisotopic (exact) mass is 350 g/mol. The standard InChI is InChI=1S/C16H22N4O3S/c1-12(14(21)17-9-11-23-2)24-16-19-18-15(22)20(16)10-8-13-6-4-3-5-7-13/h3-7,12H,8-11H2,1-2H3,(H,17,21)(H,18,22)/t12-/m1/s1. The molecule has 7 nitrogen and oxygen atoms in total. The lowest BCUT2D eigenvalue weighted by atomic mass is 10.1. The SMILES string of the molecule is COCCNC(=O)[C@@H](C)Sc1n[nH]c(=O)n1CCc1ccccc1. The molecule has 0 saturated carbocycles. The lowest BCUT2D eigenvalue weighted by Crippen LogP contribution is -2.33. The number of carbonyl (C=O) groups is 1. The summed E-state index contributed by atoms with van der Waals surface area (Å²) in [6.07, 6.45) is 0.724. The number of ether oxygens (including phenoxy) is 1. The van der Waals surface area contributed by atoms with E-state index in [-0.39, 0.29) is 16.8 Å². The maximum Gasteiger partial charge on any atom is 0.343 e. The molecule has 1 atom stereocenters. The molecule has 0 spiro atoms. The highest BCUT2D eigenvalue weighted by Gasteiger charge is 2.18. The number of thioether (sulfide) groups is 1. The molecular formula is C16H22N4O3S. The molecular weight excluding hydrogens is 328 g/mol. The summed E-state index contributed by atoms with van der Waals surface area (Å²) in [5.74, 6) is -0.109. The summed E-state index contributed by atoms with van der Waals surface area (Å²) in [4.78, 5) is 23.9. The number of aromatic amines is 1. The van der Waals surface area contributed by atoms with Crippen LogP contribution in [-0.4, -0.2) is 46.2 Å². The Bertz CT molecular complexity index is 699. The van der Waals surface area contributed by atoms with Crippen LogP contribution in [0.15, 0.2) is 40.3 Å². The maximum atomic E-state index is 12.0. The Hall–Kier alpha value is -2.06. The largest absolute Gasteiger partial charge is 0.383 e. The second kappa shape index (κ2) is 9.29. The molecule has 0 radical (unpaired) electrons. The number of amides is 1. The maximum absolute atomic E-state index is 12.0. The van der Waals surface area contributed by atoms with Crippen LogP contribution in [0.5, 0.6) is 0 Å². The van der Waals surface area contributed by atoms with Gasteiger partial charge in [-0.05, 0) is 18.9 Å². The summed E-state index contributed by atoms with van der Waals surface area (Å²) in [6.45, 7) is 3.22. The number of carbonyl (C=O) groups excluding carboxylic acids is 1. The van der Waals surface area contributed by atoms with Crippen LogP contribution in [0.3, 0.4) is 0 Å². The molecule has 0 aliphatic heterocycles. The molecule has 1 heterocycles. The number of hydrogen-bond donors (Lipinski definition) is 2. The van der Waals surface area contributed by atoms with Gasteiger partial charge in [0.25, 0.3) is 0 Å². The van der Waals surface area contributed by atoms with E-state index in [2.05, 4.69) is 15.5 Å². The van der Waals surface area contributed by atoms with Crippen molar-refractivity contribution in [2.75, 3.05) is 20.3 Å². The normalized spacial score (nSPS) is 12.1. The molecule has 1 aromatic heterocycles. The van der Waals surface area contributed by atoms with Crippen molar-refractivity contribution >= 4 is 17.7 Å². The Labute approximate surface area is 144 Å². The molecule has 130 valence electrons. The van der Waals surface area contributed by atoms with Crippen molar-refractivity contribution < 1.29 is 9.53 Å². The van der Waals surface area contributed by atoms with E-state index < -0.39 is 0 Å². The van der Waals surface area contributed by atoms with Crippen molar-refractivity contribution in [3.8, 4) is 0 Å². The number of benzene rings is 1. The Morgan fingerprint density at radius 2 is 2.17 bits per heavy atom. The van der Waals surface area contributed by atoms with E-state index in [1.54, 1.807) is 18.6 Å². The summed E-state index contributed by atoms with van der Waals surface area (Å²) in [5.41, 5.74) is 0.882. The average molecular weight is 350 g/mol. The molecule has 0 aliphatic carbocycles. The van der Waals surface area contributed by atoms with Crippen molar-refractivity contribution in [3.05, 3.63) is 46.4 Å². The van der Waals surface area contributed by atoms with Gasteiger partial charge in [-0.25, -0.2) is 9.89 Å². The van der Waals surface area contributed by atoms with Crippen molar-refractivity contribution in [1.82, 2.24) is 20.1 Å². The van der Waals surface area contributed by atoms with Crippen LogP contribution >= 0.6 is 11.8 Å². The Morgan fingerprint density at radius 1 is 1.42 bits per heavy atom. The molecule has 2 aromatic rings. The van der Waals surface area contributed by atoms with Gasteiger partial charge in [-0.15, -0.1) is 5.10 Å². The summed E-state index contributed by atoms with van der Waals surface area (Å²) in [7, 11) is 1.58. The van der Waals surface area contributed by atoms with E-state index in [4.69, 9.17) is 4.74 Å². The first-order valence-corrected chi connectivity index (χ1v) is 8.62. The number of rotatable bonds is 9. The fourth-order valence-electron chi connectivity index (χ4n) is 2.11. The highest BCUT2D eigenvalue weighted by molar-refractivity contribution is 8.00. The van der Waals surface area contributed by atoms with Gasteiger partial charge in [-0.1, -0.05) is 42.1 Å². The van der Waals surface area contributed by atoms with Gasteiger partial charge < -0.3 is 10.1 Å². The van der Waals surface area contributed by atoms with E-state index in [9.17, 15) is 9.59 Å². The van der Waals surface area contributed by atoms with Crippen molar-refractivity contribution in [2.45, 2.75) is 30.3 Å². The summed E-state index contributed by atoms with van der Waals surface area (Å²) >= 11 is 1.26. The van der Waals surface area contributed by atoms with Crippen LogP contribution in [0.1, 0.15) is 12.5 Å². The zero-order chi connectivity index (χ0) is 17.4. The van der Waals surface area contributed by atoms with E-state index in [0.29, 0.717) is 24.9 Å². The number of nitrogens with one attached hydrogen (secondary N) is 2. The van der Waals surface area contributed by atoms with Gasteiger partial charge in [0.15, 0.2) is 5.16 Å². The van der Waals surface area contributed by atoms with Crippen molar-refractivity contribution in [2.24, 2.45) is 0 Å². The summed E-state index contributed by atoms with van der Waals surface area (Å²) < 4.78 is 6.47. The Balaban J connectivity index is 1.96. The van der Waals surface area contributed by atoms with Gasteiger partial charge in [0, 0.05) is 20.2 Å². The van der Waals surface area contributed by atoms with Crippen LogP contribution in [0.4, 0.5) is 0 Å². The van der Waals surface area contributed by atoms with Crippen LogP contribution in [0, 0.1) is 0 Å². The molecule has 0 aliphatic rings. The molecule has 1 aromatic carbocycles. The lowest BCUT2D eigenvalue weighted by Gasteiger charge is -2.12. The van der Waals surface area contributed by atoms with Gasteiger partial charge in [0.1, 0.15) is 0 Å². The molecule has 1 amide bonds. The average Bonchev–Trinajstić information content (AvgIpc) is 2.93. The first kappa shape index (κ1) is 18.3. The molecule has 24 heavy (non-hydrogen) atoms. The first-order valence-electron chi connectivity index (χ1n) is 7.74. The minimum Gasteiger partial charge on any atom is -0.383 e. The minimum absolute atomic E-state index is 0.109. The van der Waals surface area contributed by atoms with Gasteiger partial charge in [0.2, 0.25) is 5.91 Å². The van der Waals surface area contributed by atoms with Gasteiger partial charge >= 0.3 is 5.69 Å². The highest BCUT2D eigenvalue weighted by Crippen LogP contribution is 2.20. The molecule has 2 rings (SSSR count). The quantitative estimate of drug-likeness (QED) is 0.521. The number of aryl methyl sites for hydroxylation is 1. The molecule has 0 bridgehead atoms. The Morgan fingerprint density at radius 3 is 2.88 bits per heavy atom. The van der Waals surface area contributed by atoms with E-state index in [1.165, 1.54) is 11.8 Å². The molecule has 8 heteroatoms. The van der Waals surface area contributed by atoms with E-state index in [0.717, 1.165) is 12.0 Å². The molecule has 0 fully saturated rings. The number of aromatic nitrogens is 3. The smallest absolute Gasteiger partial charge is 0.343 e. The number of methoxy groups -OCH3 is 1.